The molecule has 1 aromatic rings. The molecule has 0 radical (unpaired) electrons. The average molecular weight is 316 g/mol. The Morgan fingerprint density at radius 1 is 1.22 bits per heavy atom. The Morgan fingerprint density at radius 3 is 2.48 bits per heavy atom. The van der Waals surface area contributed by atoms with Gasteiger partial charge in [-0.15, -0.1) is 0 Å². The predicted octanol–water partition coefficient (Wildman–Crippen LogP) is 3.15. The molecule has 1 N–H and O–H groups in total. The molecule has 0 unspecified atom stereocenters. The molecule has 0 saturated heterocycles. The Bertz CT molecular complexity index is 587. The third-order valence-corrected chi connectivity index (χ3v) is 4.14. The van der Waals surface area contributed by atoms with Crippen molar-refractivity contribution in [2.75, 3.05) is 11.4 Å². The van der Waals surface area contributed by atoms with Gasteiger partial charge in [0, 0.05) is 17.6 Å². The zero-order chi connectivity index (χ0) is 17.2. The van der Waals surface area contributed by atoms with Crippen LogP contribution in [0.25, 0.3) is 0 Å². The summed E-state index contributed by atoms with van der Waals surface area (Å²) >= 11 is 0. The van der Waals surface area contributed by atoms with Crippen molar-refractivity contribution in [2.45, 2.75) is 53.5 Å². The number of fused-ring (bicyclic) bond motifs is 1. The maximum atomic E-state index is 13.0. The Hall–Kier alpha value is -1.84. The number of hydrogen-bond donors (Lipinski definition) is 1. The first-order chi connectivity index (χ1) is 10.7. The molecule has 4 nitrogen and oxygen atoms in total. The van der Waals surface area contributed by atoms with Crippen molar-refractivity contribution >= 4 is 17.5 Å². The molecule has 1 heterocycles. The van der Waals surface area contributed by atoms with Crippen LogP contribution < -0.4 is 10.2 Å². The minimum Gasteiger partial charge on any atom is -0.344 e. The van der Waals surface area contributed by atoms with E-state index in [0.717, 1.165) is 12.1 Å². The zero-order valence-corrected chi connectivity index (χ0v) is 14.8. The van der Waals surface area contributed by atoms with Crippen molar-refractivity contribution in [1.82, 2.24) is 5.32 Å². The molecule has 1 aliphatic heterocycles. The Kier molecular flexibility index (Phi) is 5.12. The first-order valence-corrected chi connectivity index (χ1v) is 8.40. The van der Waals surface area contributed by atoms with Gasteiger partial charge in [-0.05, 0) is 30.4 Å². The van der Waals surface area contributed by atoms with E-state index < -0.39 is 11.5 Å². The van der Waals surface area contributed by atoms with E-state index in [1.807, 2.05) is 43.9 Å². The van der Waals surface area contributed by atoms with Crippen LogP contribution in [-0.4, -0.2) is 24.4 Å². The fraction of sp³-hybridized carbons (Fsp3) is 0.579. The molecule has 0 saturated carbocycles. The maximum Gasteiger partial charge on any atom is 0.249 e. The van der Waals surface area contributed by atoms with Crippen LogP contribution in [0.4, 0.5) is 5.69 Å². The summed E-state index contributed by atoms with van der Waals surface area (Å²) in [7, 11) is 0. The van der Waals surface area contributed by atoms with Gasteiger partial charge in [-0.25, -0.2) is 0 Å². The monoisotopic (exact) mass is 316 g/mol. The fourth-order valence-electron chi connectivity index (χ4n) is 2.82. The normalized spacial score (nSPS) is 15.5. The third-order valence-electron chi connectivity index (χ3n) is 4.14. The number of hydrogen-bond acceptors (Lipinski definition) is 2. The van der Waals surface area contributed by atoms with Gasteiger partial charge in [-0.3, -0.25) is 9.59 Å². The van der Waals surface area contributed by atoms with Crippen LogP contribution in [0.3, 0.4) is 0 Å². The molecule has 1 aromatic carbocycles. The summed E-state index contributed by atoms with van der Waals surface area (Å²) in [4.78, 5) is 27.2. The van der Waals surface area contributed by atoms with E-state index in [1.54, 1.807) is 0 Å². The molecule has 0 bridgehead atoms. The van der Waals surface area contributed by atoms with Gasteiger partial charge in [0.2, 0.25) is 11.8 Å². The van der Waals surface area contributed by atoms with Gasteiger partial charge >= 0.3 is 0 Å². The van der Waals surface area contributed by atoms with Crippen LogP contribution in [0.15, 0.2) is 24.3 Å². The van der Waals surface area contributed by atoms with Gasteiger partial charge in [0.25, 0.3) is 0 Å². The maximum absolute atomic E-state index is 13.0. The number of amides is 2. The summed E-state index contributed by atoms with van der Waals surface area (Å²) in [6, 6.07) is 7.54. The van der Waals surface area contributed by atoms with E-state index in [4.69, 9.17) is 0 Å². The van der Waals surface area contributed by atoms with E-state index in [0.29, 0.717) is 18.9 Å². The van der Waals surface area contributed by atoms with Gasteiger partial charge in [-0.1, -0.05) is 52.8 Å². The second-order valence-corrected chi connectivity index (χ2v) is 7.77. The molecule has 2 rings (SSSR count). The van der Waals surface area contributed by atoms with E-state index in [-0.39, 0.29) is 11.8 Å². The first-order valence-electron chi connectivity index (χ1n) is 8.40. The SMILES string of the molecule is CC(C)C[C@H](NC(=O)C(C)(C)C)C(=O)N1CCc2ccccc21. The second kappa shape index (κ2) is 6.73. The molecule has 0 aliphatic carbocycles. The lowest BCUT2D eigenvalue weighted by atomic mass is 9.94. The van der Waals surface area contributed by atoms with E-state index in [9.17, 15) is 9.59 Å². The number of para-hydroxylation sites is 1. The molecule has 1 aliphatic rings. The van der Waals surface area contributed by atoms with Crippen molar-refractivity contribution in [3.63, 3.8) is 0 Å². The fourth-order valence-corrected chi connectivity index (χ4v) is 2.82. The summed E-state index contributed by atoms with van der Waals surface area (Å²) in [5.74, 6) is 0.257. The summed E-state index contributed by atoms with van der Waals surface area (Å²) in [6.45, 7) is 10.4. The molecule has 1 atom stereocenters. The number of nitrogens with zero attached hydrogens (tertiary/aromatic N) is 1. The highest BCUT2D eigenvalue weighted by molar-refractivity contribution is 6.01. The van der Waals surface area contributed by atoms with Crippen LogP contribution in [-0.2, 0) is 16.0 Å². The summed E-state index contributed by atoms with van der Waals surface area (Å²) in [5, 5.41) is 2.97. The van der Waals surface area contributed by atoms with Gasteiger partial charge < -0.3 is 10.2 Å². The van der Waals surface area contributed by atoms with Crippen LogP contribution in [0.1, 0.15) is 46.6 Å². The average Bonchev–Trinajstić information content (AvgIpc) is 2.88. The highest BCUT2D eigenvalue weighted by Crippen LogP contribution is 2.28. The highest BCUT2D eigenvalue weighted by atomic mass is 16.2. The highest BCUT2D eigenvalue weighted by Gasteiger charge is 2.33. The molecule has 0 spiro atoms. The molecule has 126 valence electrons. The van der Waals surface area contributed by atoms with Crippen molar-refractivity contribution in [3.8, 4) is 0 Å². The van der Waals surface area contributed by atoms with Gasteiger partial charge in [0.05, 0.1) is 0 Å². The number of anilines is 1. The molecular weight excluding hydrogens is 288 g/mol. The molecule has 2 amide bonds. The van der Waals surface area contributed by atoms with E-state index >= 15 is 0 Å². The Labute approximate surface area is 139 Å². The van der Waals surface area contributed by atoms with Crippen LogP contribution in [0, 0.1) is 11.3 Å². The summed E-state index contributed by atoms with van der Waals surface area (Å²) in [5.41, 5.74) is 1.68. The lowest BCUT2D eigenvalue weighted by Crippen LogP contribution is -2.51. The lowest BCUT2D eigenvalue weighted by Gasteiger charge is -2.28. The minimum absolute atomic E-state index is 0.00116. The number of rotatable bonds is 4. The topological polar surface area (TPSA) is 49.4 Å². The van der Waals surface area contributed by atoms with Crippen LogP contribution >= 0.6 is 0 Å². The Morgan fingerprint density at radius 2 is 1.87 bits per heavy atom. The lowest BCUT2D eigenvalue weighted by molar-refractivity contribution is -0.132. The number of nitrogens with one attached hydrogen (secondary N) is 1. The van der Waals surface area contributed by atoms with Crippen LogP contribution in [0.5, 0.6) is 0 Å². The standard InChI is InChI=1S/C19H28N2O2/c1-13(2)12-15(20-18(23)19(3,4)5)17(22)21-11-10-14-8-6-7-9-16(14)21/h6-9,13,15H,10-12H2,1-5H3,(H,20,23)/t15-/m0/s1. The van der Waals surface area contributed by atoms with E-state index in [2.05, 4.69) is 25.2 Å². The Balaban J connectivity index is 2.19. The third kappa shape index (κ3) is 4.12. The molecular formula is C19H28N2O2. The number of carbonyl (C=O) groups is 2. The molecule has 4 heteroatoms. The van der Waals surface area contributed by atoms with Crippen molar-refractivity contribution in [2.24, 2.45) is 11.3 Å². The van der Waals surface area contributed by atoms with Crippen molar-refractivity contribution in [3.05, 3.63) is 29.8 Å². The minimum atomic E-state index is -0.502. The number of benzene rings is 1. The van der Waals surface area contributed by atoms with Crippen molar-refractivity contribution < 1.29 is 9.59 Å². The first kappa shape index (κ1) is 17.5. The summed E-state index contributed by atoms with van der Waals surface area (Å²) in [6.07, 6.45) is 1.53. The van der Waals surface area contributed by atoms with Gasteiger partial charge in [-0.2, -0.15) is 0 Å². The number of carbonyl (C=O) groups excluding carboxylic acids is 2. The smallest absolute Gasteiger partial charge is 0.249 e. The molecule has 0 aromatic heterocycles. The zero-order valence-electron chi connectivity index (χ0n) is 14.8. The van der Waals surface area contributed by atoms with E-state index in [1.165, 1.54) is 5.56 Å². The van der Waals surface area contributed by atoms with Crippen molar-refractivity contribution in [1.29, 1.82) is 0 Å². The summed E-state index contributed by atoms with van der Waals surface area (Å²) < 4.78 is 0. The molecule has 0 fully saturated rings. The quantitative estimate of drug-likeness (QED) is 0.927. The van der Waals surface area contributed by atoms with Gasteiger partial charge in [0.1, 0.15) is 6.04 Å². The predicted molar refractivity (Wildman–Crippen MR) is 93.3 cm³/mol. The second-order valence-electron chi connectivity index (χ2n) is 7.77. The van der Waals surface area contributed by atoms with Gasteiger partial charge in [0.15, 0.2) is 0 Å². The molecule has 23 heavy (non-hydrogen) atoms. The largest absolute Gasteiger partial charge is 0.344 e. The van der Waals surface area contributed by atoms with Crippen LogP contribution in [0.2, 0.25) is 0 Å².